The van der Waals surface area contributed by atoms with E-state index in [1.165, 1.54) is 25.3 Å². The highest BCUT2D eigenvalue weighted by atomic mass is 35.5. The first-order valence-corrected chi connectivity index (χ1v) is 5.99. The van der Waals surface area contributed by atoms with Crippen LogP contribution in [-0.4, -0.2) is 17.1 Å². The number of methoxy groups -OCH3 is 1. The zero-order valence-corrected chi connectivity index (χ0v) is 11.5. The Morgan fingerprint density at radius 1 is 1.24 bits per heavy atom. The van der Waals surface area contributed by atoms with Gasteiger partial charge in [0.15, 0.2) is 0 Å². The summed E-state index contributed by atoms with van der Waals surface area (Å²) in [5.41, 5.74) is 5.80. The Labute approximate surface area is 122 Å². The number of nitrogens with two attached hydrogens (primary N) is 1. The van der Waals surface area contributed by atoms with Crippen molar-refractivity contribution >= 4 is 28.9 Å². The van der Waals surface area contributed by atoms with E-state index < -0.39 is 12.0 Å². The number of alkyl halides is 3. The molecule has 1 heterocycles. The Hall–Kier alpha value is -2.22. The lowest BCUT2D eigenvalue weighted by Crippen LogP contribution is -2.13. The number of hydrogen-bond acceptors (Lipinski definition) is 5. The molecule has 21 heavy (non-hydrogen) atoms. The van der Waals surface area contributed by atoms with Gasteiger partial charge in [0, 0.05) is 17.8 Å². The minimum atomic E-state index is -4.68. The first-order valence-electron chi connectivity index (χ1n) is 5.62. The molecule has 0 aliphatic carbocycles. The molecule has 0 aliphatic heterocycles. The second-order valence-electron chi connectivity index (χ2n) is 3.97. The highest BCUT2D eigenvalue weighted by Crippen LogP contribution is 2.31. The molecule has 2 aromatic rings. The van der Waals surface area contributed by atoms with Gasteiger partial charge in [-0.05, 0) is 12.1 Å². The molecule has 0 fully saturated rings. The molecule has 3 N–H and O–H groups in total. The number of anilines is 3. The number of hydrogen-bond donors (Lipinski definition) is 2. The van der Waals surface area contributed by atoms with Gasteiger partial charge in [-0.25, -0.2) is 9.97 Å². The summed E-state index contributed by atoms with van der Waals surface area (Å²) in [5, 5.41) is 3.07. The van der Waals surface area contributed by atoms with E-state index >= 15 is 0 Å². The molecule has 1 aromatic carbocycles. The quantitative estimate of drug-likeness (QED) is 0.906. The van der Waals surface area contributed by atoms with Gasteiger partial charge >= 0.3 is 6.18 Å². The Morgan fingerprint density at radius 2 is 1.95 bits per heavy atom. The average Bonchev–Trinajstić information content (AvgIpc) is 2.39. The highest BCUT2D eigenvalue weighted by molar-refractivity contribution is 6.32. The van der Waals surface area contributed by atoms with Gasteiger partial charge in [0.25, 0.3) is 0 Å². The van der Waals surface area contributed by atoms with Crippen molar-refractivity contribution in [3.8, 4) is 5.75 Å². The highest BCUT2D eigenvalue weighted by Gasteiger charge is 2.35. The van der Waals surface area contributed by atoms with Crippen LogP contribution in [0.3, 0.4) is 0 Å². The van der Waals surface area contributed by atoms with E-state index in [0.29, 0.717) is 16.5 Å². The third-order valence-corrected chi connectivity index (χ3v) is 2.74. The maximum absolute atomic E-state index is 12.6. The number of ether oxygens (including phenoxy) is 1. The maximum atomic E-state index is 12.6. The van der Waals surface area contributed by atoms with E-state index in [2.05, 4.69) is 15.3 Å². The molecule has 5 nitrogen and oxygen atoms in total. The number of halogens is 4. The molecular formula is C12H10ClF3N4O. The predicted octanol–water partition coefficient (Wildman–Crippen LogP) is 3.48. The molecule has 112 valence electrons. The van der Waals surface area contributed by atoms with Gasteiger partial charge in [-0.1, -0.05) is 11.6 Å². The molecule has 0 saturated heterocycles. The minimum absolute atomic E-state index is 0.0841. The van der Waals surface area contributed by atoms with Gasteiger partial charge in [-0.3, -0.25) is 0 Å². The number of nitrogens with one attached hydrogen (secondary N) is 1. The van der Waals surface area contributed by atoms with Crippen LogP contribution in [0.5, 0.6) is 5.75 Å². The number of benzene rings is 1. The lowest BCUT2D eigenvalue weighted by Gasteiger charge is -2.11. The monoisotopic (exact) mass is 318 g/mol. The van der Waals surface area contributed by atoms with Crippen LogP contribution in [0.1, 0.15) is 5.82 Å². The van der Waals surface area contributed by atoms with Crippen molar-refractivity contribution in [2.24, 2.45) is 0 Å². The van der Waals surface area contributed by atoms with Crippen LogP contribution in [0.4, 0.5) is 30.5 Å². The van der Waals surface area contributed by atoms with Crippen LogP contribution in [-0.2, 0) is 6.18 Å². The summed E-state index contributed by atoms with van der Waals surface area (Å²) in [6.45, 7) is 0. The number of nitrogen functional groups attached to an aromatic ring is 1. The molecule has 1 aromatic heterocycles. The zero-order valence-electron chi connectivity index (χ0n) is 10.7. The summed E-state index contributed by atoms with van der Waals surface area (Å²) >= 11 is 5.86. The van der Waals surface area contributed by atoms with Crippen LogP contribution < -0.4 is 15.8 Å². The van der Waals surface area contributed by atoms with Crippen LogP contribution >= 0.6 is 11.6 Å². The van der Waals surface area contributed by atoms with Gasteiger partial charge < -0.3 is 15.8 Å². The standard InChI is InChI=1S/C12H10ClF3N4O/c1-21-8-4-6(2-3-7(8)13)18-10-5-9(17)19-11(20-10)12(14,15)16/h2-5H,1H3,(H3,17,18,19,20). The van der Waals surface area contributed by atoms with Crippen molar-refractivity contribution < 1.29 is 17.9 Å². The molecule has 0 aliphatic rings. The number of aromatic nitrogens is 2. The molecule has 9 heteroatoms. The predicted molar refractivity (Wildman–Crippen MR) is 72.7 cm³/mol. The first-order chi connectivity index (χ1) is 9.79. The fourth-order valence-corrected chi connectivity index (χ4v) is 1.74. The summed E-state index contributed by atoms with van der Waals surface area (Å²) < 4.78 is 42.9. The Bertz CT molecular complexity index is 663. The van der Waals surface area contributed by atoms with Crippen molar-refractivity contribution in [1.29, 1.82) is 0 Å². The fourth-order valence-electron chi connectivity index (χ4n) is 1.54. The van der Waals surface area contributed by atoms with Gasteiger partial charge in [0.05, 0.1) is 12.1 Å². The van der Waals surface area contributed by atoms with E-state index in [1.54, 1.807) is 6.07 Å². The Morgan fingerprint density at radius 3 is 2.57 bits per heavy atom. The van der Waals surface area contributed by atoms with Crippen LogP contribution in [0, 0.1) is 0 Å². The summed E-state index contributed by atoms with van der Waals surface area (Å²) in [6.07, 6.45) is -4.68. The Kier molecular flexibility index (Phi) is 4.08. The second kappa shape index (κ2) is 5.65. The van der Waals surface area contributed by atoms with Crippen molar-refractivity contribution in [3.05, 3.63) is 35.1 Å². The van der Waals surface area contributed by atoms with E-state index in [-0.39, 0.29) is 11.6 Å². The average molecular weight is 319 g/mol. The second-order valence-corrected chi connectivity index (χ2v) is 4.38. The minimum Gasteiger partial charge on any atom is -0.495 e. The van der Waals surface area contributed by atoms with Gasteiger partial charge in [-0.15, -0.1) is 0 Å². The largest absolute Gasteiger partial charge is 0.495 e. The van der Waals surface area contributed by atoms with Crippen molar-refractivity contribution in [3.63, 3.8) is 0 Å². The van der Waals surface area contributed by atoms with Crippen LogP contribution in [0.15, 0.2) is 24.3 Å². The third kappa shape index (κ3) is 3.66. The van der Waals surface area contributed by atoms with Crippen molar-refractivity contribution in [1.82, 2.24) is 9.97 Å². The van der Waals surface area contributed by atoms with E-state index in [1.807, 2.05) is 0 Å². The van der Waals surface area contributed by atoms with E-state index in [4.69, 9.17) is 22.1 Å². The molecule has 0 atom stereocenters. The summed E-state index contributed by atoms with van der Waals surface area (Å²) in [6, 6.07) is 5.82. The van der Waals surface area contributed by atoms with Gasteiger partial charge in [-0.2, -0.15) is 13.2 Å². The number of rotatable bonds is 3. The molecule has 2 rings (SSSR count). The number of nitrogens with zero attached hydrogens (tertiary/aromatic N) is 2. The SMILES string of the molecule is COc1cc(Nc2cc(N)nc(C(F)(F)F)n2)ccc1Cl. The lowest BCUT2D eigenvalue weighted by atomic mass is 10.3. The summed E-state index contributed by atoms with van der Waals surface area (Å²) in [4.78, 5) is 6.53. The van der Waals surface area contributed by atoms with E-state index in [9.17, 15) is 13.2 Å². The van der Waals surface area contributed by atoms with Gasteiger partial charge in [0.2, 0.25) is 5.82 Å². The molecule has 0 bridgehead atoms. The van der Waals surface area contributed by atoms with Crippen molar-refractivity contribution in [2.75, 3.05) is 18.2 Å². The smallest absolute Gasteiger partial charge is 0.451 e. The van der Waals surface area contributed by atoms with Crippen molar-refractivity contribution in [2.45, 2.75) is 6.18 Å². The first kappa shape index (κ1) is 15.2. The fraction of sp³-hybridized carbons (Fsp3) is 0.167. The molecule has 0 unspecified atom stereocenters. The molecule has 0 saturated carbocycles. The topological polar surface area (TPSA) is 73.1 Å². The van der Waals surface area contributed by atoms with Crippen LogP contribution in [0.2, 0.25) is 5.02 Å². The molecule has 0 amide bonds. The molecule has 0 radical (unpaired) electrons. The maximum Gasteiger partial charge on any atom is 0.451 e. The summed E-state index contributed by atoms with van der Waals surface area (Å²) in [7, 11) is 1.43. The normalized spacial score (nSPS) is 11.3. The zero-order chi connectivity index (χ0) is 15.6. The summed E-state index contributed by atoms with van der Waals surface area (Å²) in [5.74, 6) is -1.31. The molecular weight excluding hydrogens is 309 g/mol. The third-order valence-electron chi connectivity index (χ3n) is 2.42. The Balaban J connectivity index is 2.33. The van der Waals surface area contributed by atoms with Gasteiger partial charge in [0.1, 0.15) is 17.4 Å². The molecule has 0 spiro atoms. The van der Waals surface area contributed by atoms with E-state index in [0.717, 1.165) is 0 Å². The van der Waals surface area contributed by atoms with Crippen LogP contribution in [0.25, 0.3) is 0 Å². The lowest BCUT2D eigenvalue weighted by molar-refractivity contribution is -0.144.